The lowest BCUT2D eigenvalue weighted by atomic mass is 10.2. The molecule has 0 aliphatic heterocycles. The standard InChI is InChI=1S/C11H17ClFN3/c1-4-9-10(13)11(15-7-14-9)16(3)6-5-8(2)12/h7-8H,4-6H2,1-3H3. The summed E-state index contributed by atoms with van der Waals surface area (Å²) < 4.78 is 13.8. The smallest absolute Gasteiger partial charge is 0.187 e. The molecule has 1 heterocycles. The minimum atomic E-state index is -0.324. The quantitative estimate of drug-likeness (QED) is 0.747. The predicted molar refractivity (Wildman–Crippen MR) is 64.6 cm³/mol. The van der Waals surface area contributed by atoms with Gasteiger partial charge >= 0.3 is 0 Å². The van der Waals surface area contributed by atoms with Crippen molar-refractivity contribution >= 4 is 17.4 Å². The van der Waals surface area contributed by atoms with Crippen molar-refractivity contribution in [3.63, 3.8) is 0 Å². The van der Waals surface area contributed by atoms with E-state index >= 15 is 0 Å². The molecular formula is C11H17ClFN3. The summed E-state index contributed by atoms with van der Waals surface area (Å²) in [5.41, 5.74) is 0.454. The van der Waals surface area contributed by atoms with Crippen molar-refractivity contribution in [3.8, 4) is 0 Å². The van der Waals surface area contributed by atoms with Crippen molar-refractivity contribution in [2.45, 2.75) is 32.1 Å². The fourth-order valence-electron chi connectivity index (χ4n) is 1.39. The van der Waals surface area contributed by atoms with E-state index in [1.165, 1.54) is 6.33 Å². The topological polar surface area (TPSA) is 29.0 Å². The van der Waals surface area contributed by atoms with Gasteiger partial charge in [0.2, 0.25) is 0 Å². The number of halogens is 2. The molecule has 0 saturated heterocycles. The third kappa shape index (κ3) is 3.30. The van der Waals surface area contributed by atoms with Crippen LogP contribution < -0.4 is 4.90 Å². The fraction of sp³-hybridized carbons (Fsp3) is 0.636. The monoisotopic (exact) mass is 245 g/mol. The van der Waals surface area contributed by atoms with E-state index in [4.69, 9.17) is 11.6 Å². The molecule has 1 aromatic rings. The summed E-state index contributed by atoms with van der Waals surface area (Å²) in [5.74, 6) is 0.0268. The molecule has 0 saturated carbocycles. The second kappa shape index (κ2) is 5.99. The van der Waals surface area contributed by atoms with Gasteiger partial charge in [0, 0.05) is 19.0 Å². The Morgan fingerprint density at radius 1 is 1.50 bits per heavy atom. The van der Waals surface area contributed by atoms with Gasteiger partial charge in [-0.3, -0.25) is 0 Å². The summed E-state index contributed by atoms with van der Waals surface area (Å²) in [4.78, 5) is 9.63. The molecule has 3 nitrogen and oxygen atoms in total. The Bertz CT molecular complexity index is 344. The first-order chi connectivity index (χ1) is 7.56. The highest BCUT2D eigenvalue weighted by Crippen LogP contribution is 2.17. The van der Waals surface area contributed by atoms with Gasteiger partial charge < -0.3 is 4.90 Å². The number of aromatic nitrogens is 2. The van der Waals surface area contributed by atoms with Crippen LogP contribution in [0.25, 0.3) is 0 Å². The van der Waals surface area contributed by atoms with Crippen LogP contribution in [0.15, 0.2) is 6.33 Å². The van der Waals surface area contributed by atoms with E-state index in [2.05, 4.69) is 9.97 Å². The molecule has 16 heavy (non-hydrogen) atoms. The van der Waals surface area contributed by atoms with Crippen LogP contribution in [0.5, 0.6) is 0 Å². The van der Waals surface area contributed by atoms with Crippen LogP contribution in [0.2, 0.25) is 0 Å². The summed E-state index contributed by atoms with van der Waals surface area (Å²) in [6, 6.07) is 0. The maximum absolute atomic E-state index is 13.8. The lowest BCUT2D eigenvalue weighted by molar-refractivity contribution is 0.586. The molecule has 1 unspecified atom stereocenters. The van der Waals surface area contributed by atoms with Crippen LogP contribution in [0.4, 0.5) is 10.2 Å². The number of hydrogen-bond acceptors (Lipinski definition) is 3. The summed E-state index contributed by atoms with van der Waals surface area (Å²) in [6.45, 7) is 4.47. The van der Waals surface area contributed by atoms with Crippen LogP contribution in [0.3, 0.4) is 0 Å². The summed E-state index contributed by atoms with van der Waals surface area (Å²) >= 11 is 5.85. The van der Waals surface area contributed by atoms with Gasteiger partial charge in [0.1, 0.15) is 6.33 Å². The van der Waals surface area contributed by atoms with E-state index in [0.717, 1.165) is 6.42 Å². The molecule has 0 amide bonds. The molecule has 90 valence electrons. The van der Waals surface area contributed by atoms with Crippen molar-refractivity contribution in [2.24, 2.45) is 0 Å². The largest absolute Gasteiger partial charge is 0.357 e. The number of aryl methyl sites for hydroxylation is 1. The third-order valence-electron chi connectivity index (χ3n) is 2.40. The van der Waals surface area contributed by atoms with Crippen molar-refractivity contribution in [1.29, 1.82) is 0 Å². The summed E-state index contributed by atoms with van der Waals surface area (Å²) in [5, 5.41) is 0.0815. The van der Waals surface area contributed by atoms with Gasteiger partial charge in [-0.1, -0.05) is 6.92 Å². The first-order valence-electron chi connectivity index (χ1n) is 5.40. The molecule has 0 aliphatic rings. The molecule has 0 bridgehead atoms. The zero-order valence-corrected chi connectivity index (χ0v) is 10.6. The molecule has 0 N–H and O–H groups in total. The minimum absolute atomic E-state index is 0.0815. The second-order valence-electron chi connectivity index (χ2n) is 3.80. The zero-order chi connectivity index (χ0) is 12.1. The predicted octanol–water partition coefficient (Wildman–Crippen LogP) is 2.63. The SMILES string of the molecule is CCc1ncnc(N(C)CCC(C)Cl)c1F. The van der Waals surface area contributed by atoms with Gasteiger partial charge in [0.15, 0.2) is 11.6 Å². The number of hydrogen-bond donors (Lipinski definition) is 0. The molecule has 1 rings (SSSR count). The van der Waals surface area contributed by atoms with Crippen molar-refractivity contribution in [2.75, 3.05) is 18.5 Å². The van der Waals surface area contributed by atoms with Gasteiger partial charge in [-0.25, -0.2) is 14.4 Å². The average Bonchev–Trinajstić information content (AvgIpc) is 2.26. The molecular weight excluding hydrogens is 229 g/mol. The number of alkyl halides is 1. The molecule has 0 aromatic carbocycles. The Morgan fingerprint density at radius 2 is 2.19 bits per heavy atom. The highest BCUT2D eigenvalue weighted by molar-refractivity contribution is 6.20. The van der Waals surface area contributed by atoms with Crippen LogP contribution in [-0.2, 0) is 6.42 Å². The van der Waals surface area contributed by atoms with E-state index in [1.807, 2.05) is 20.9 Å². The van der Waals surface area contributed by atoms with Crippen LogP contribution >= 0.6 is 11.6 Å². The highest BCUT2D eigenvalue weighted by Gasteiger charge is 2.13. The maximum Gasteiger partial charge on any atom is 0.187 e. The lowest BCUT2D eigenvalue weighted by Gasteiger charge is -2.19. The Labute approximate surface area is 101 Å². The number of anilines is 1. The average molecular weight is 246 g/mol. The van der Waals surface area contributed by atoms with Crippen LogP contribution in [0, 0.1) is 5.82 Å². The van der Waals surface area contributed by atoms with E-state index in [-0.39, 0.29) is 11.2 Å². The Kier molecular flexibility index (Phi) is 4.93. The molecule has 0 spiro atoms. The van der Waals surface area contributed by atoms with E-state index in [0.29, 0.717) is 24.5 Å². The summed E-state index contributed by atoms with van der Waals surface area (Å²) in [6.07, 6.45) is 2.77. The second-order valence-corrected chi connectivity index (χ2v) is 4.55. The van der Waals surface area contributed by atoms with Crippen molar-refractivity contribution < 1.29 is 4.39 Å². The highest BCUT2D eigenvalue weighted by atomic mass is 35.5. The maximum atomic E-state index is 13.8. The number of rotatable bonds is 5. The fourth-order valence-corrected chi connectivity index (χ4v) is 1.48. The van der Waals surface area contributed by atoms with Gasteiger partial charge in [0.25, 0.3) is 0 Å². The zero-order valence-electron chi connectivity index (χ0n) is 9.87. The molecule has 1 aromatic heterocycles. The first kappa shape index (κ1) is 13.2. The molecule has 0 radical (unpaired) electrons. The molecule has 0 aliphatic carbocycles. The third-order valence-corrected chi connectivity index (χ3v) is 2.62. The lowest BCUT2D eigenvalue weighted by Crippen LogP contribution is -2.23. The first-order valence-corrected chi connectivity index (χ1v) is 5.84. The van der Waals surface area contributed by atoms with Crippen LogP contribution in [-0.4, -0.2) is 28.9 Å². The molecule has 0 fully saturated rings. The van der Waals surface area contributed by atoms with Crippen molar-refractivity contribution in [1.82, 2.24) is 9.97 Å². The van der Waals surface area contributed by atoms with Gasteiger partial charge in [0.05, 0.1) is 5.69 Å². The van der Waals surface area contributed by atoms with E-state index in [1.54, 1.807) is 4.90 Å². The Morgan fingerprint density at radius 3 is 2.75 bits per heavy atom. The van der Waals surface area contributed by atoms with E-state index < -0.39 is 0 Å². The summed E-state index contributed by atoms with van der Waals surface area (Å²) in [7, 11) is 1.81. The molecule has 1 atom stereocenters. The van der Waals surface area contributed by atoms with Gasteiger partial charge in [-0.2, -0.15) is 0 Å². The minimum Gasteiger partial charge on any atom is -0.357 e. The Balaban J connectivity index is 2.78. The van der Waals surface area contributed by atoms with Crippen LogP contribution in [0.1, 0.15) is 26.0 Å². The van der Waals surface area contributed by atoms with Gasteiger partial charge in [-0.05, 0) is 19.8 Å². The number of nitrogens with zero attached hydrogens (tertiary/aromatic N) is 3. The van der Waals surface area contributed by atoms with Crippen molar-refractivity contribution in [3.05, 3.63) is 17.8 Å². The normalized spacial score (nSPS) is 12.6. The molecule has 5 heteroatoms. The Hall–Kier alpha value is -0.900. The van der Waals surface area contributed by atoms with Gasteiger partial charge in [-0.15, -0.1) is 11.6 Å². The van der Waals surface area contributed by atoms with E-state index in [9.17, 15) is 4.39 Å².